The van der Waals surface area contributed by atoms with E-state index >= 15 is 0 Å². The molecule has 1 aromatic carbocycles. The maximum Gasteiger partial charge on any atom is 0.143 e. The van der Waals surface area contributed by atoms with Gasteiger partial charge in [-0.25, -0.2) is 4.89 Å². The SMILES string of the molecule is [N-]=[N+]=NC[C@](CBr)(OO)c1ccccc1. The van der Waals surface area contributed by atoms with Gasteiger partial charge in [-0.3, -0.25) is 5.26 Å². The number of hydrogen-bond donors (Lipinski definition) is 1. The van der Waals surface area contributed by atoms with Crippen LogP contribution in [0, 0.1) is 0 Å². The molecule has 0 aliphatic carbocycles. The fourth-order valence-electron chi connectivity index (χ4n) is 1.20. The van der Waals surface area contributed by atoms with Crippen LogP contribution in [0.4, 0.5) is 0 Å². The molecule has 5 nitrogen and oxygen atoms in total. The molecule has 0 aromatic heterocycles. The lowest BCUT2D eigenvalue weighted by Gasteiger charge is -2.26. The highest BCUT2D eigenvalue weighted by Crippen LogP contribution is 2.27. The summed E-state index contributed by atoms with van der Waals surface area (Å²) in [6.45, 7) is 0.0231. The van der Waals surface area contributed by atoms with Gasteiger partial charge in [0.05, 0.1) is 6.54 Å². The molecule has 0 saturated carbocycles. The zero-order valence-electron chi connectivity index (χ0n) is 7.88. The lowest BCUT2D eigenvalue weighted by atomic mass is 9.96. The molecule has 1 atom stereocenters. The first-order valence-electron chi connectivity index (χ1n) is 4.24. The third kappa shape index (κ3) is 2.70. The zero-order valence-corrected chi connectivity index (χ0v) is 9.46. The summed E-state index contributed by atoms with van der Waals surface area (Å²) in [4.78, 5) is 7.12. The number of alkyl halides is 1. The van der Waals surface area contributed by atoms with Crippen LogP contribution in [0.15, 0.2) is 35.4 Å². The van der Waals surface area contributed by atoms with Gasteiger partial charge in [0, 0.05) is 10.2 Å². The molecule has 0 aliphatic rings. The van der Waals surface area contributed by atoms with Crippen LogP contribution in [0.25, 0.3) is 10.4 Å². The van der Waals surface area contributed by atoms with E-state index in [2.05, 4.69) is 30.8 Å². The van der Waals surface area contributed by atoms with Crippen molar-refractivity contribution in [2.45, 2.75) is 5.60 Å². The van der Waals surface area contributed by atoms with E-state index in [-0.39, 0.29) is 6.54 Å². The van der Waals surface area contributed by atoms with Crippen molar-refractivity contribution < 1.29 is 10.1 Å². The maximum atomic E-state index is 8.94. The summed E-state index contributed by atoms with van der Waals surface area (Å²) < 4.78 is 0. The second-order valence-corrected chi connectivity index (χ2v) is 3.53. The van der Waals surface area contributed by atoms with Gasteiger partial charge in [-0.15, -0.1) is 0 Å². The predicted octanol–water partition coefficient (Wildman–Crippen LogP) is 3.08. The average molecular weight is 272 g/mol. The van der Waals surface area contributed by atoms with E-state index in [0.29, 0.717) is 5.33 Å². The summed E-state index contributed by atoms with van der Waals surface area (Å²) in [5, 5.41) is 12.7. The van der Waals surface area contributed by atoms with Gasteiger partial charge in [0.2, 0.25) is 0 Å². The Bertz CT molecular complexity index is 348. The van der Waals surface area contributed by atoms with E-state index in [4.69, 9.17) is 10.8 Å². The maximum absolute atomic E-state index is 8.94. The number of azide groups is 1. The molecule has 1 rings (SSSR count). The summed E-state index contributed by atoms with van der Waals surface area (Å²) >= 11 is 3.23. The standard InChI is InChI=1S/C9H10BrN3O2/c10-6-9(15-14,7-12-13-11)8-4-2-1-3-5-8/h1-5,14H,6-7H2/t9-/m0/s1. The summed E-state index contributed by atoms with van der Waals surface area (Å²) in [6, 6.07) is 9.09. The Morgan fingerprint density at radius 1 is 1.47 bits per heavy atom. The fourth-order valence-corrected chi connectivity index (χ4v) is 1.81. The molecule has 0 heterocycles. The normalized spacial score (nSPS) is 14.0. The number of hydrogen-bond acceptors (Lipinski definition) is 3. The Morgan fingerprint density at radius 3 is 2.60 bits per heavy atom. The quantitative estimate of drug-likeness (QED) is 0.223. The molecular weight excluding hydrogens is 262 g/mol. The van der Waals surface area contributed by atoms with Crippen LogP contribution in [0.5, 0.6) is 0 Å². The van der Waals surface area contributed by atoms with Crippen molar-refractivity contribution in [2.24, 2.45) is 5.11 Å². The minimum absolute atomic E-state index is 0.0231. The van der Waals surface area contributed by atoms with Gasteiger partial charge >= 0.3 is 0 Å². The van der Waals surface area contributed by atoms with Crippen molar-refractivity contribution in [3.05, 3.63) is 46.3 Å². The topological polar surface area (TPSA) is 78.2 Å². The first-order chi connectivity index (χ1) is 7.29. The highest BCUT2D eigenvalue weighted by Gasteiger charge is 2.32. The molecular formula is C9H10BrN3O2. The van der Waals surface area contributed by atoms with Gasteiger partial charge in [0.1, 0.15) is 5.60 Å². The summed E-state index contributed by atoms with van der Waals surface area (Å²) in [5.74, 6) is 0. The van der Waals surface area contributed by atoms with E-state index in [1.54, 1.807) is 12.1 Å². The molecule has 0 fully saturated rings. The lowest BCUT2D eigenvalue weighted by molar-refractivity contribution is -0.318. The minimum atomic E-state index is -1.02. The van der Waals surface area contributed by atoms with Crippen LogP contribution in [0.1, 0.15) is 5.56 Å². The van der Waals surface area contributed by atoms with E-state index in [1.165, 1.54) is 0 Å². The van der Waals surface area contributed by atoms with E-state index < -0.39 is 5.60 Å². The van der Waals surface area contributed by atoms with Crippen LogP contribution in [0.2, 0.25) is 0 Å². The molecule has 0 bridgehead atoms. The summed E-state index contributed by atoms with van der Waals surface area (Å²) in [7, 11) is 0. The molecule has 1 N–H and O–H groups in total. The number of benzene rings is 1. The predicted molar refractivity (Wildman–Crippen MR) is 59.6 cm³/mol. The van der Waals surface area contributed by atoms with Crippen LogP contribution < -0.4 is 0 Å². The van der Waals surface area contributed by atoms with E-state index in [9.17, 15) is 0 Å². The second kappa shape index (κ2) is 5.72. The monoisotopic (exact) mass is 271 g/mol. The van der Waals surface area contributed by atoms with Crippen molar-refractivity contribution >= 4 is 15.9 Å². The van der Waals surface area contributed by atoms with Gasteiger partial charge in [-0.05, 0) is 11.1 Å². The minimum Gasteiger partial charge on any atom is -0.251 e. The van der Waals surface area contributed by atoms with Gasteiger partial charge in [0.15, 0.2) is 0 Å². The molecule has 0 amide bonds. The summed E-state index contributed by atoms with van der Waals surface area (Å²) in [5.41, 5.74) is 8.00. The highest BCUT2D eigenvalue weighted by molar-refractivity contribution is 9.09. The van der Waals surface area contributed by atoms with Crippen LogP contribution in [0.3, 0.4) is 0 Å². The van der Waals surface area contributed by atoms with Crippen molar-refractivity contribution in [1.29, 1.82) is 0 Å². The van der Waals surface area contributed by atoms with Crippen LogP contribution >= 0.6 is 15.9 Å². The smallest absolute Gasteiger partial charge is 0.143 e. The molecule has 0 unspecified atom stereocenters. The Hall–Kier alpha value is -1.07. The molecule has 15 heavy (non-hydrogen) atoms. The highest BCUT2D eigenvalue weighted by atomic mass is 79.9. The van der Waals surface area contributed by atoms with Crippen molar-refractivity contribution in [3.63, 3.8) is 0 Å². The fraction of sp³-hybridized carbons (Fsp3) is 0.333. The van der Waals surface area contributed by atoms with Crippen molar-refractivity contribution in [1.82, 2.24) is 0 Å². The van der Waals surface area contributed by atoms with Gasteiger partial charge < -0.3 is 0 Å². The number of nitrogens with zero attached hydrogens (tertiary/aromatic N) is 3. The van der Waals surface area contributed by atoms with Crippen molar-refractivity contribution in [3.8, 4) is 0 Å². The molecule has 0 aliphatic heterocycles. The molecule has 80 valence electrons. The number of rotatable bonds is 5. The second-order valence-electron chi connectivity index (χ2n) is 2.97. The molecule has 1 aromatic rings. The van der Waals surface area contributed by atoms with Crippen molar-refractivity contribution in [2.75, 3.05) is 11.9 Å². The Morgan fingerprint density at radius 2 is 2.13 bits per heavy atom. The Balaban J connectivity index is 3.04. The molecule has 6 heteroatoms. The first-order valence-corrected chi connectivity index (χ1v) is 5.36. The van der Waals surface area contributed by atoms with E-state index in [1.807, 2.05) is 18.2 Å². The zero-order chi connectivity index (χ0) is 11.1. The van der Waals surface area contributed by atoms with Gasteiger partial charge in [-0.2, -0.15) is 0 Å². The largest absolute Gasteiger partial charge is 0.251 e. The van der Waals surface area contributed by atoms with Crippen LogP contribution in [-0.2, 0) is 10.5 Å². The molecule has 0 spiro atoms. The average Bonchev–Trinajstić information content (AvgIpc) is 2.33. The molecule has 0 radical (unpaired) electrons. The molecule has 0 saturated heterocycles. The van der Waals surface area contributed by atoms with Gasteiger partial charge in [0.25, 0.3) is 0 Å². The van der Waals surface area contributed by atoms with Gasteiger partial charge in [-0.1, -0.05) is 51.4 Å². The Labute approximate surface area is 95.4 Å². The van der Waals surface area contributed by atoms with Crippen LogP contribution in [-0.4, -0.2) is 17.1 Å². The number of halogens is 1. The van der Waals surface area contributed by atoms with E-state index in [0.717, 1.165) is 5.56 Å². The Kier molecular flexibility index (Phi) is 4.58. The first kappa shape index (κ1) is 12.0. The summed E-state index contributed by atoms with van der Waals surface area (Å²) in [6.07, 6.45) is 0. The third-order valence-electron chi connectivity index (χ3n) is 2.08. The third-order valence-corrected chi connectivity index (χ3v) is 2.99. The lowest BCUT2D eigenvalue weighted by Crippen LogP contribution is -2.33.